The number of rotatable bonds is 2. The summed E-state index contributed by atoms with van der Waals surface area (Å²) in [5.74, 6) is 0.380. The highest BCUT2D eigenvalue weighted by atomic mass is 16.2. The molecule has 0 saturated carbocycles. The van der Waals surface area contributed by atoms with Gasteiger partial charge in [-0.15, -0.1) is 0 Å². The fraction of sp³-hybridized carbons (Fsp3) is 0.118. The number of hydrazine groups is 1. The van der Waals surface area contributed by atoms with Crippen LogP contribution in [0.2, 0.25) is 0 Å². The van der Waals surface area contributed by atoms with Crippen LogP contribution in [0.25, 0.3) is 0 Å². The first-order valence-electron chi connectivity index (χ1n) is 7.57. The Morgan fingerprint density at radius 3 is 2.38 bits per heavy atom. The van der Waals surface area contributed by atoms with E-state index in [0.717, 1.165) is 11.3 Å². The minimum absolute atomic E-state index is 0.130. The van der Waals surface area contributed by atoms with Crippen molar-refractivity contribution in [2.45, 2.75) is 13.0 Å². The Hall–Kier alpha value is -3.35. The molecule has 1 aliphatic heterocycles. The van der Waals surface area contributed by atoms with Crippen LogP contribution in [0.1, 0.15) is 12.5 Å². The Kier molecular flexibility index (Phi) is 4.71. The van der Waals surface area contributed by atoms with Gasteiger partial charge in [0.25, 0.3) is 0 Å². The van der Waals surface area contributed by atoms with Crippen LogP contribution in [0, 0.1) is 0 Å². The average Bonchev–Trinajstić information content (AvgIpc) is 2.62. The summed E-state index contributed by atoms with van der Waals surface area (Å²) < 4.78 is 0. The third-order valence-corrected chi connectivity index (χ3v) is 3.40. The molecule has 3 rings (SSSR count). The number of hydrogen-bond acceptors (Lipinski definition) is 5. The molecule has 2 amide bonds. The second kappa shape index (κ2) is 7.28. The molecule has 1 aliphatic rings. The van der Waals surface area contributed by atoms with Crippen molar-refractivity contribution >= 4 is 23.4 Å². The second-order valence-corrected chi connectivity index (χ2v) is 5.20. The molecule has 4 N–H and O–H groups in total. The predicted molar refractivity (Wildman–Crippen MR) is 94.7 cm³/mol. The van der Waals surface area contributed by atoms with Gasteiger partial charge in [0.05, 0.1) is 11.8 Å². The van der Waals surface area contributed by atoms with Crippen molar-refractivity contribution in [1.82, 2.24) is 16.3 Å². The largest absolute Gasteiger partial charge is 0.337 e. The zero-order valence-corrected chi connectivity index (χ0v) is 13.2. The number of nitrogens with zero attached hydrogens (tertiary/aromatic N) is 2. The Labute approximate surface area is 139 Å². The fourth-order valence-corrected chi connectivity index (χ4v) is 2.26. The van der Waals surface area contributed by atoms with E-state index in [-0.39, 0.29) is 6.04 Å². The van der Waals surface area contributed by atoms with E-state index in [9.17, 15) is 4.79 Å². The maximum absolute atomic E-state index is 11.8. The maximum Gasteiger partial charge on any atom is 0.337 e. The summed E-state index contributed by atoms with van der Waals surface area (Å²) in [4.78, 5) is 16.3. The van der Waals surface area contributed by atoms with Crippen LogP contribution in [0.4, 0.5) is 10.5 Å². The smallest absolute Gasteiger partial charge is 0.307 e. The van der Waals surface area contributed by atoms with E-state index in [4.69, 9.17) is 0 Å². The normalized spacial score (nSPS) is 16.3. The first kappa shape index (κ1) is 15.5. The second-order valence-electron chi connectivity index (χ2n) is 5.20. The molecule has 2 aromatic carbocycles. The lowest BCUT2D eigenvalue weighted by Gasteiger charge is -2.20. The number of hydrogen-bond donors (Lipinski definition) is 4. The maximum atomic E-state index is 11.8. The number of anilines is 1. The number of urea groups is 1. The first-order chi connectivity index (χ1) is 11.7. The molecular weight excluding hydrogens is 304 g/mol. The van der Waals surface area contributed by atoms with E-state index in [1.54, 1.807) is 12.1 Å². The summed E-state index contributed by atoms with van der Waals surface area (Å²) in [7, 11) is 0. The van der Waals surface area contributed by atoms with Crippen LogP contribution in [0.15, 0.2) is 70.8 Å². The molecule has 1 heterocycles. The molecule has 2 aromatic rings. The van der Waals surface area contributed by atoms with Crippen molar-refractivity contribution in [3.05, 3.63) is 66.2 Å². The van der Waals surface area contributed by atoms with E-state index < -0.39 is 6.03 Å². The number of para-hydroxylation sites is 1. The number of guanidine groups is 1. The van der Waals surface area contributed by atoms with E-state index in [2.05, 4.69) is 31.7 Å². The van der Waals surface area contributed by atoms with Crippen molar-refractivity contribution in [3.63, 3.8) is 0 Å². The number of aliphatic imine (C=N–C) groups is 1. The summed E-state index contributed by atoms with van der Waals surface area (Å²) >= 11 is 0. The monoisotopic (exact) mass is 322 g/mol. The number of carbonyl (C=O) groups excluding carboxylic acids is 1. The van der Waals surface area contributed by atoms with Crippen molar-refractivity contribution < 1.29 is 4.79 Å². The minimum Gasteiger partial charge on any atom is -0.307 e. The van der Waals surface area contributed by atoms with Gasteiger partial charge in [-0.25, -0.2) is 20.6 Å². The molecule has 7 nitrogen and oxygen atoms in total. The van der Waals surface area contributed by atoms with Gasteiger partial charge in [-0.1, -0.05) is 48.5 Å². The van der Waals surface area contributed by atoms with Gasteiger partial charge in [0, 0.05) is 5.69 Å². The topological polar surface area (TPSA) is 89.9 Å². The van der Waals surface area contributed by atoms with Crippen LogP contribution < -0.4 is 21.6 Å². The van der Waals surface area contributed by atoms with Crippen LogP contribution in [-0.2, 0) is 0 Å². The van der Waals surface area contributed by atoms with Crippen molar-refractivity contribution in [2.75, 3.05) is 5.32 Å². The SMILES string of the molecule is CC1N=C(NNC(=O)Nc2ccccc2)NN=C1c1ccccc1. The Morgan fingerprint density at radius 2 is 1.71 bits per heavy atom. The van der Waals surface area contributed by atoms with Gasteiger partial charge in [0.2, 0.25) is 5.96 Å². The highest BCUT2D eigenvalue weighted by Crippen LogP contribution is 2.09. The zero-order chi connectivity index (χ0) is 16.8. The molecule has 7 heteroatoms. The van der Waals surface area contributed by atoms with Gasteiger partial charge >= 0.3 is 6.03 Å². The number of amides is 2. The summed E-state index contributed by atoms with van der Waals surface area (Å²) in [6, 6.07) is 18.5. The molecule has 0 bridgehead atoms. The van der Waals surface area contributed by atoms with Gasteiger partial charge in [-0.3, -0.25) is 5.43 Å². The van der Waals surface area contributed by atoms with Crippen LogP contribution in [0.3, 0.4) is 0 Å². The van der Waals surface area contributed by atoms with Crippen molar-refractivity contribution in [2.24, 2.45) is 10.1 Å². The lowest BCUT2D eigenvalue weighted by atomic mass is 10.0. The van der Waals surface area contributed by atoms with Gasteiger partial charge in [0.1, 0.15) is 0 Å². The molecule has 1 atom stereocenters. The molecular formula is C17H18N6O. The van der Waals surface area contributed by atoms with Gasteiger partial charge < -0.3 is 5.32 Å². The lowest BCUT2D eigenvalue weighted by Crippen LogP contribution is -2.50. The lowest BCUT2D eigenvalue weighted by molar-refractivity contribution is 0.250. The number of hydrazone groups is 1. The fourth-order valence-electron chi connectivity index (χ4n) is 2.26. The van der Waals surface area contributed by atoms with Gasteiger partial charge in [-0.05, 0) is 24.6 Å². The summed E-state index contributed by atoms with van der Waals surface area (Å²) in [5.41, 5.74) is 10.6. The number of nitrogens with one attached hydrogen (secondary N) is 4. The third-order valence-electron chi connectivity index (χ3n) is 3.40. The molecule has 0 spiro atoms. The standard InChI is InChI=1S/C17H18N6O/c1-12-15(13-8-4-2-5-9-13)20-21-16(18-12)22-23-17(24)19-14-10-6-3-7-11-14/h2-12H,1H3,(H2,18,21,22)(H2,19,23,24). The quantitative estimate of drug-likeness (QED) is 0.638. The Morgan fingerprint density at radius 1 is 1.04 bits per heavy atom. The molecule has 0 fully saturated rings. The third kappa shape index (κ3) is 3.89. The average molecular weight is 322 g/mol. The van der Waals surface area contributed by atoms with Crippen molar-refractivity contribution in [3.8, 4) is 0 Å². The summed E-state index contributed by atoms with van der Waals surface area (Å²) in [6.45, 7) is 1.94. The molecule has 0 radical (unpaired) electrons. The van der Waals surface area contributed by atoms with Gasteiger partial charge in [-0.2, -0.15) is 5.10 Å². The molecule has 0 aromatic heterocycles. The van der Waals surface area contributed by atoms with Crippen molar-refractivity contribution in [1.29, 1.82) is 0 Å². The Bertz CT molecular complexity index is 757. The van der Waals surface area contributed by atoms with Crippen LogP contribution in [0.5, 0.6) is 0 Å². The zero-order valence-electron chi connectivity index (χ0n) is 13.2. The van der Waals surface area contributed by atoms with E-state index in [0.29, 0.717) is 11.6 Å². The van der Waals surface area contributed by atoms with Crippen LogP contribution >= 0.6 is 0 Å². The number of carbonyl (C=O) groups is 1. The van der Waals surface area contributed by atoms with Gasteiger partial charge in [0.15, 0.2) is 0 Å². The molecule has 0 saturated heterocycles. The summed E-state index contributed by atoms with van der Waals surface area (Å²) in [6.07, 6.45) is 0. The highest BCUT2D eigenvalue weighted by molar-refractivity contribution is 6.07. The van der Waals surface area contributed by atoms with E-state index >= 15 is 0 Å². The predicted octanol–water partition coefficient (Wildman–Crippen LogP) is 2.06. The van der Waals surface area contributed by atoms with E-state index in [1.165, 1.54) is 0 Å². The highest BCUT2D eigenvalue weighted by Gasteiger charge is 2.17. The molecule has 0 aliphatic carbocycles. The molecule has 122 valence electrons. The number of benzene rings is 2. The summed E-state index contributed by atoms with van der Waals surface area (Å²) in [5, 5.41) is 7.02. The molecule has 1 unspecified atom stereocenters. The molecule has 24 heavy (non-hydrogen) atoms. The first-order valence-corrected chi connectivity index (χ1v) is 7.57. The van der Waals surface area contributed by atoms with Crippen LogP contribution in [-0.4, -0.2) is 23.7 Å². The Balaban J connectivity index is 1.53. The minimum atomic E-state index is -0.392. The van der Waals surface area contributed by atoms with E-state index in [1.807, 2.05) is 55.5 Å².